The second-order valence-corrected chi connectivity index (χ2v) is 16.0. The molecular formula is C54H89NO5. The number of unbranched alkanes of at least 4 members (excludes halogenated alkanes) is 18. The van der Waals surface area contributed by atoms with Crippen LogP contribution in [0.2, 0.25) is 0 Å². The molecule has 0 radical (unpaired) electrons. The van der Waals surface area contributed by atoms with Gasteiger partial charge in [-0.3, -0.25) is 9.59 Å². The number of hydrogen-bond acceptors (Lipinski definition) is 5. The highest BCUT2D eigenvalue weighted by Crippen LogP contribution is 2.17. The van der Waals surface area contributed by atoms with Gasteiger partial charge in [0.25, 0.3) is 0 Å². The van der Waals surface area contributed by atoms with E-state index in [2.05, 4.69) is 80.8 Å². The Hall–Kier alpha value is -3.48. The smallest absolute Gasteiger partial charge is 0.306 e. The summed E-state index contributed by atoms with van der Waals surface area (Å²) >= 11 is 0. The zero-order valence-electron chi connectivity index (χ0n) is 38.5. The van der Waals surface area contributed by atoms with Crippen LogP contribution in [0.25, 0.3) is 0 Å². The molecule has 1 amide bonds. The molecule has 0 aliphatic rings. The molecule has 0 aliphatic heterocycles. The van der Waals surface area contributed by atoms with Gasteiger partial charge in [-0.15, -0.1) is 0 Å². The number of ether oxygens (including phenoxy) is 1. The first kappa shape index (κ1) is 56.5. The van der Waals surface area contributed by atoms with Crippen LogP contribution >= 0.6 is 0 Å². The summed E-state index contributed by atoms with van der Waals surface area (Å²) in [5.41, 5.74) is 0. The first-order valence-corrected chi connectivity index (χ1v) is 24.2. The van der Waals surface area contributed by atoms with Crippen molar-refractivity contribution in [3.63, 3.8) is 0 Å². The molecule has 6 nitrogen and oxygen atoms in total. The Bertz CT molecular complexity index is 1250. The molecule has 3 N–H and O–H groups in total. The van der Waals surface area contributed by atoms with Crippen LogP contribution in [0.1, 0.15) is 194 Å². The van der Waals surface area contributed by atoms with Crippen molar-refractivity contribution in [1.29, 1.82) is 0 Å². The summed E-state index contributed by atoms with van der Waals surface area (Å²) in [6.45, 7) is 6.16. The molecule has 0 saturated carbocycles. The van der Waals surface area contributed by atoms with E-state index in [0.717, 1.165) is 96.3 Å². The third-order valence-corrected chi connectivity index (χ3v) is 10.3. The molecule has 0 rings (SSSR count). The van der Waals surface area contributed by atoms with Crippen molar-refractivity contribution in [2.45, 2.75) is 212 Å². The van der Waals surface area contributed by atoms with E-state index in [9.17, 15) is 19.8 Å². The van der Waals surface area contributed by atoms with Crippen molar-refractivity contribution in [3.05, 3.63) is 109 Å². The van der Waals surface area contributed by atoms with Gasteiger partial charge in [0.2, 0.25) is 5.91 Å². The highest BCUT2D eigenvalue weighted by Gasteiger charge is 2.24. The Kier molecular flexibility index (Phi) is 43.9. The minimum atomic E-state index is -0.807. The zero-order chi connectivity index (χ0) is 43.8. The quantitative estimate of drug-likeness (QED) is 0.0324. The van der Waals surface area contributed by atoms with E-state index in [1.54, 1.807) is 0 Å². The average Bonchev–Trinajstić information content (AvgIpc) is 3.24. The maximum atomic E-state index is 13.2. The van der Waals surface area contributed by atoms with Gasteiger partial charge < -0.3 is 20.3 Å². The number of carbonyl (C=O) groups excluding carboxylic acids is 2. The minimum Gasteiger partial charge on any atom is -0.462 e. The normalized spacial score (nSPS) is 14.3. The number of aliphatic hydroxyl groups excluding tert-OH is 2. The molecule has 0 aromatic carbocycles. The summed E-state index contributed by atoms with van der Waals surface area (Å²) in [6, 6.07) is -0.724. The molecule has 0 heterocycles. The maximum absolute atomic E-state index is 13.2. The topological polar surface area (TPSA) is 95.9 Å². The number of allylic oxidation sites excluding steroid dienone is 18. The molecule has 0 saturated heterocycles. The lowest BCUT2D eigenvalue weighted by atomic mass is 10.0. The molecule has 6 heteroatoms. The molecule has 60 heavy (non-hydrogen) atoms. The fourth-order valence-electron chi connectivity index (χ4n) is 6.70. The summed E-state index contributed by atoms with van der Waals surface area (Å²) in [5, 5.41) is 23.7. The van der Waals surface area contributed by atoms with Crippen molar-refractivity contribution < 1.29 is 24.5 Å². The SMILES string of the molecule is CC\C=C/C=C/C=C/C=C\C=C\C=C\CCCCCC(=O)OC(CCCCCCC/C=C/C=C/C=C/CC)CC(=O)NC(CO)C(O)CCCCCCCCCCCCC. The second kappa shape index (κ2) is 46.6. The fraction of sp³-hybridized carbons (Fsp3) is 0.630. The van der Waals surface area contributed by atoms with Gasteiger partial charge in [0, 0.05) is 6.42 Å². The van der Waals surface area contributed by atoms with Gasteiger partial charge in [-0.25, -0.2) is 0 Å². The van der Waals surface area contributed by atoms with Crippen molar-refractivity contribution in [2.24, 2.45) is 0 Å². The fourth-order valence-corrected chi connectivity index (χ4v) is 6.70. The number of carbonyl (C=O) groups is 2. The van der Waals surface area contributed by atoms with Gasteiger partial charge in [-0.05, 0) is 64.2 Å². The Morgan fingerprint density at radius 2 is 0.900 bits per heavy atom. The van der Waals surface area contributed by atoms with Gasteiger partial charge in [0.1, 0.15) is 6.10 Å². The highest BCUT2D eigenvalue weighted by atomic mass is 16.5. The number of esters is 1. The zero-order valence-corrected chi connectivity index (χ0v) is 38.5. The van der Waals surface area contributed by atoms with Crippen LogP contribution in [0, 0.1) is 0 Å². The van der Waals surface area contributed by atoms with Crippen LogP contribution < -0.4 is 5.32 Å². The molecule has 3 atom stereocenters. The van der Waals surface area contributed by atoms with Crippen LogP contribution in [-0.4, -0.2) is 46.9 Å². The van der Waals surface area contributed by atoms with E-state index in [0.29, 0.717) is 19.3 Å². The predicted molar refractivity (Wildman–Crippen MR) is 259 cm³/mol. The summed E-state index contributed by atoms with van der Waals surface area (Å²) in [7, 11) is 0. The van der Waals surface area contributed by atoms with Crippen LogP contribution in [0.4, 0.5) is 0 Å². The molecule has 0 spiro atoms. The van der Waals surface area contributed by atoms with E-state index < -0.39 is 18.2 Å². The monoisotopic (exact) mass is 832 g/mol. The molecule has 0 fully saturated rings. The summed E-state index contributed by atoms with van der Waals surface area (Å²) in [5.74, 6) is -0.558. The minimum absolute atomic E-state index is 0.0383. The van der Waals surface area contributed by atoms with Crippen LogP contribution in [0.15, 0.2) is 109 Å². The van der Waals surface area contributed by atoms with E-state index in [1.807, 2.05) is 54.7 Å². The lowest BCUT2D eigenvalue weighted by Crippen LogP contribution is -2.46. The Balaban J connectivity index is 4.74. The highest BCUT2D eigenvalue weighted by molar-refractivity contribution is 5.77. The number of amides is 1. The number of rotatable bonds is 41. The predicted octanol–water partition coefficient (Wildman–Crippen LogP) is 14.3. The van der Waals surface area contributed by atoms with Gasteiger partial charge in [0.05, 0.1) is 25.2 Å². The first-order chi connectivity index (χ1) is 29.5. The van der Waals surface area contributed by atoms with E-state index >= 15 is 0 Å². The lowest BCUT2D eigenvalue weighted by Gasteiger charge is -2.24. The third-order valence-electron chi connectivity index (χ3n) is 10.3. The molecule has 0 bridgehead atoms. The number of hydrogen-bond donors (Lipinski definition) is 3. The largest absolute Gasteiger partial charge is 0.462 e. The van der Waals surface area contributed by atoms with Crippen molar-refractivity contribution >= 4 is 11.9 Å². The summed E-state index contributed by atoms with van der Waals surface area (Å²) < 4.78 is 5.89. The molecule has 340 valence electrons. The average molecular weight is 832 g/mol. The molecule has 0 aromatic rings. The Morgan fingerprint density at radius 1 is 0.500 bits per heavy atom. The molecule has 0 aromatic heterocycles. The van der Waals surface area contributed by atoms with Gasteiger partial charge in [-0.2, -0.15) is 0 Å². The van der Waals surface area contributed by atoms with Crippen LogP contribution in [0.3, 0.4) is 0 Å². The van der Waals surface area contributed by atoms with Crippen molar-refractivity contribution in [1.82, 2.24) is 5.32 Å². The Labute approximate surface area is 368 Å². The van der Waals surface area contributed by atoms with E-state index in [1.165, 1.54) is 51.4 Å². The maximum Gasteiger partial charge on any atom is 0.306 e. The standard InChI is InChI=1S/C54H89NO5/c1-4-7-10-13-16-19-22-24-25-26-27-29-32-35-38-41-44-47-54(59)60-50(45-42-39-36-33-31-28-23-20-17-14-11-8-5-2)48-53(58)55-51(49-56)52(57)46-43-40-37-34-30-21-18-15-12-9-6-3/h7-8,10-11,13-14,16-17,19-20,22-27,29,32,50-52,56-57H,4-6,9,12,15,18,21,28,30-31,33-49H2,1-3H3,(H,55,58)/b10-7-,11-8+,16-13+,17-14+,22-19+,23-20+,25-24-,27-26+,32-29+. The van der Waals surface area contributed by atoms with Gasteiger partial charge in [-0.1, -0.05) is 226 Å². The van der Waals surface area contributed by atoms with Gasteiger partial charge >= 0.3 is 5.97 Å². The van der Waals surface area contributed by atoms with Crippen LogP contribution in [0.5, 0.6) is 0 Å². The molecular weight excluding hydrogens is 743 g/mol. The number of aliphatic hydroxyl groups is 2. The third kappa shape index (κ3) is 41.3. The lowest BCUT2D eigenvalue weighted by molar-refractivity contribution is -0.151. The van der Waals surface area contributed by atoms with Crippen molar-refractivity contribution in [3.8, 4) is 0 Å². The summed E-state index contributed by atoms with van der Waals surface area (Å²) in [6.07, 6.45) is 62.8. The van der Waals surface area contributed by atoms with Crippen molar-refractivity contribution in [2.75, 3.05) is 6.61 Å². The van der Waals surface area contributed by atoms with E-state index in [4.69, 9.17) is 4.74 Å². The van der Waals surface area contributed by atoms with E-state index in [-0.39, 0.29) is 24.9 Å². The Morgan fingerprint density at radius 3 is 1.37 bits per heavy atom. The summed E-state index contributed by atoms with van der Waals surface area (Å²) in [4.78, 5) is 26.1. The van der Waals surface area contributed by atoms with Gasteiger partial charge in [0.15, 0.2) is 0 Å². The second-order valence-electron chi connectivity index (χ2n) is 16.0. The number of nitrogens with one attached hydrogen (secondary N) is 1. The van der Waals surface area contributed by atoms with Crippen LogP contribution in [-0.2, 0) is 14.3 Å². The first-order valence-electron chi connectivity index (χ1n) is 24.2. The molecule has 0 aliphatic carbocycles. The molecule has 3 unspecified atom stereocenters.